The van der Waals surface area contributed by atoms with Gasteiger partial charge in [-0.05, 0) is 37.1 Å². The maximum atomic E-state index is 11.5. The van der Waals surface area contributed by atoms with E-state index in [0.29, 0.717) is 5.02 Å². The molecule has 3 nitrogen and oxygen atoms in total. The Hall–Kier alpha value is -1.48. The predicted octanol–water partition coefficient (Wildman–Crippen LogP) is 4.83. The second-order valence-electron chi connectivity index (χ2n) is 5.52. The van der Waals surface area contributed by atoms with Gasteiger partial charge in [0.1, 0.15) is 11.3 Å². The van der Waals surface area contributed by atoms with E-state index in [1.54, 1.807) is 6.07 Å². The number of carboxylic acid groups (broad SMARTS) is 1. The summed E-state index contributed by atoms with van der Waals surface area (Å²) >= 11 is 5.98. The van der Waals surface area contributed by atoms with E-state index in [1.165, 1.54) is 0 Å². The lowest BCUT2D eigenvalue weighted by atomic mass is 9.86. The van der Waals surface area contributed by atoms with Gasteiger partial charge in [0, 0.05) is 16.3 Å². The summed E-state index contributed by atoms with van der Waals surface area (Å²) in [6.07, 6.45) is 4.76. The zero-order valence-electron chi connectivity index (χ0n) is 11.1. The quantitative estimate of drug-likeness (QED) is 0.806. The van der Waals surface area contributed by atoms with Crippen LogP contribution >= 0.6 is 11.6 Å². The average Bonchev–Trinajstić information content (AvgIpc) is 2.66. The van der Waals surface area contributed by atoms with Crippen LogP contribution in [0.15, 0.2) is 28.7 Å². The lowest BCUT2D eigenvalue weighted by Crippen LogP contribution is -2.20. The second kappa shape index (κ2) is 5.49. The standard InChI is InChI=1S/C16H17ClO3/c17-11-6-7-14-10(8-11)9-15(20-14)12-4-2-1-3-5-13(12)16(18)19/h6-9,12-13H,1-5H2,(H,18,19). The molecule has 1 saturated carbocycles. The van der Waals surface area contributed by atoms with Crippen molar-refractivity contribution in [3.05, 3.63) is 35.0 Å². The van der Waals surface area contributed by atoms with Gasteiger partial charge in [-0.2, -0.15) is 0 Å². The van der Waals surface area contributed by atoms with Crippen LogP contribution in [-0.2, 0) is 4.79 Å². The number of halogens is 1. The van der Waals surface area contributed by atoms with Crippen LogP contribution in [0.3, 0.4) is 0 Å². The largest absolute Gasteiger partial charge is 0.481 e. The topological polar surface area (TPSA) is 50.4 Å². The Kier molecular flexibility index (Phi) is 3.70. The lowest BCUT2D eigenvalue weighted by Gasteiger charge is -2.19. The molecule has 1 aromatic heterocycles. The summed E-state index contributed by atoms with van der Waals surface area (Å²) < 4.78 is 5.88. The molecule has 2 atom stereocenters. The summed E-state index contributed by atoms with van der Waals surface area (Å²) in [5, 5.41) is 11.1. The number of benzene rings is 1. The van der Waals surface area contributed by atoms with E-state index in [0.717, 1.165) is 48.8 Å². The SMILES string of the molecule is O=C(O)C1CCCCCC1c1cc2cc(Cl)ccc2o1. The number of carbonyl (C=O) groups is 1. The summed E-state index contributed by atoms with van der Waals surface area (Å²) in [5.41, 5.74) is 0.776. The van der Waals surface area contributed by atoms with Gasteiger partial charge in [0.2, 0.25) is 0 Å². The van der Waals surface area contributed by atoms with Crippen molar-refractivity contribution in [1.82, 2.24) is 0 Å². The third kappa shape index (κ3) is 2.55. The molecule has 0 spiro atoms. The Morgan fingerprint density at radius 3 is 2.80 bits per heavy atom. The zero-order chi connectivity index (χ0) is 14.1. The number of hydrogen-bond donors (Lipinski definition) is 1. The molecule has 2 aromatic rings. The van der Waals surface area contributed by atoms with E-state index in [4.69, 9.17) is 16.0 Å². The fourth-order valence-electron chi connectivity index (χ4n) is 3.16. The van der Waals surface area contributed by atoms with Gasteiger partial charge in [0.25, 0.3) is 0 Å². The van der Waals surface area contributed by atoms with Crippen LogP contribution in [-0.4, -0.2) is 11.1 Å². The Bertz CT molecular complexity index is 632. The first-order chi connectivity index (χ1) is 9.65. The van der Waals surface area contributed by atoms with Gasteiger partial charge in [0.05, 0.1) is 5.92 Å². The zero-order valence-corrected chi connectivity index (χ0v) is 11.9. The number of aliphatic carboxylic acids is 1. The minimum atomic E-state index is -0.713. The van der Waals surface area contributed by atoms with Crippen molar-refractivity contribution in [3.8, 4) is 0 Å². The Balaban J connectivity index is 2.00. The third-order valence-corrected chi connectivity index (χ3v) is 4.43. The van der Waals surface area contributed by atoms with Gasteiger partial charge in [-0.3, -0.25) is 4.79 Å². The maximum absolute atomic E-state index is 11.5. The van der Waals surface area contributed by atoms with Gasteiger partial charge in [-0.25, -0.2) is 0 Å². The molecule has 1 aromatic carbocycles. The molecule has 2 unspecified atom stereocenters. The van der Waals surface area contributed by atoms with Crippen LogP contribution in [0.4, 0.5) is 0 Å². The molecular weight excluding hydrogens is 276 g/mol. The number of fused-ring (bicyclic) bond motifs is 1. The molecule has 1 N–H and O–H groups in total. The summed E-state index contributed by atoms with van der Waals surface area (Å²) in [6.45, 7) is 0. The molecule has 0 amide bonds. The number of carboxylic acids is 1. The molecule has 0 bridgehead atoms. The van der Waals surface area contributed by atoms with E-state index < -0.39 is 5.97 Å². The number of hydrogen-bond acceptors (Lipinski definition) is 2. The summed E-state index contributed by atoms with van der Waals surface area (Å²) in [5.74, 6) is -0.290. The van der Waals surface area contributed by atoms with Crippen LogP contribution in [0, 0.1) is 5.92 Å². The predicted molar refractivity (Wildman–Crippen MR) is 78.2 cm³/mol. The smallest absolute Gasteiger partial charge is 0.307 e. The van der Waals surface area contributed by atoms with Gasteiger partial charge < -0.3 is 9.52 Å². The van der Waals surface area contributed by atoms with E-state index in [-0.39, 0.29) is 11.8 Å². The molecule has 1 fully saturated rings. The molecule has 0 saturated heterocycles. The molecule has 1 heterocycles. The minimum absolute atomic E-state index is 0.0267. The summed E-state index contributed by atoms with van der Waals surface area (Å²) in [7, 11) is 0. The van der Waals surface area contributed by atoms with Crippen LogP contribution < -0.4 is 0 Å². The van der Waals surface area contributed by atoms with Crippen LogP contribution in [0.25, 0.3) is 11.0 Å². The highest BCUT2D eigenvalue weighted by molar-refractivity contribution is 6.31. The molecular formula is C16H17ClO3. The van der Waals surface area contributed by atoms with Gasteiger partial charge in [-0.15, -0.1) is 0 Å². The van der Waals surface area contributed by atoms with Crippen LogP contribution in [0.2, 0.25) is 5.02 Å². The Morgan fingerprint density at radius 2 is 2.00 bits per heavy atom. The van der Waals surface area contributed by atoms with Gasteiger partial charge >= 0.3 is 5.97 Å². The molecule has 1 aliphatic carbocycles. The second-order valence-corrected chi connectivity index (χ2v) is 5.96. The molecule has 106 valence electrons. The van der Waals surface area contributed by atoms with Crippen molar-refractivity contribution < 1.29 is 14.3 Å². The third-order valence-electron chi connectivity index (χ3n) is 4.20. The molecule has 4 heteroatoms. The van der Waals surface area contributed by atoms with Crippen molar-refractivity contribution in [3.63, 3.8) is 0 Å². The first-order valence-electron chi connectivity index (χ1n) is 7.07. The monoisotopic (exact) mass is 292 g/mol. The first kappa shape index (κ1) is 13.5. The van der Waals surface area contributed by atoms with Crippen molar-refractivity contribution in [2.45, 2.75) is 38.0 Å². The Labute approximate surface area is 122 Å². The van der Waals surface area contributed by atoms with Crippen molar-refractivity contribution in [2.75, 3.05) is 0 Å². The molecule has 0 radical (unpaired) electrons. The lowest BCUT2D eigenvalue weighted by molar-refractivity contribution is -0.143. The molecule has 20 heavy (non-hydrogen) atoms. The normalized spacial score (nSPS) is 23.6. The van der Waals surface area contributed by atoms with E-state index in [2.05, 4.69) is 0 Å². The summed E-state index contributed by atoms with van der Waals surface area (Å²) in [4.78, 5) is 11.5. The highest BCUT2D eigenvalue weighted by atomic mass is 35.5. The molecule has 0 aliphatic heterocycles. The Morgan fingerprint density at radius 1 is 1.20 bits per heavy atom. The van der Waals surface area contributed by atoms with Gasteiger partial charge in [0.15, 0.2) is 0 Å². The van der Waals surface area contributed by atoms with Crippen LogP contribution in [0.1, 0.15) is 43.8 Å². The van der Waals surface area contributed by atoms with Crippen molar-refractivity contribution >= 4 is 28.5 Å². The van der Waals surface area contributed by atoms with Crippen LogP contribution in [0.5, 0.6) is 0 Å². The highest BCUT2D eigenvalue weighted by Gasteiger charge is 2.32. The molecule has 1 aliphatic rings. The highest BCUT2D eigenvalue weighted by Crippen LogP contribution is 2.39. The van der Waals surface area contributed by atoms with Crippen molar-refractivity contribution in [2.24, 2.45) is 5.92 Å². The van der Waals surface area contributed by atoms with Gasteiger partial charge in [-0.1, -0.05) is 30.9 Å². The first-order valence-corrected chi connectivity index (χ1v) is 7.45. The molecule has 3 rings (SSSR count). The van der Waals surface area contributed by atoms with E-state index >= 15 is 0 Å². The van der Waals surface area contributed by atoms with E-state index in [1.807, 2.05) is 18.2 Å². The number of rotatable bonds is 2. The number of furan rings is 1. The maximum Gasteiger partial charge on any atom is 0.307 e. The van der Waals surface area contributed by atoms with Crippen molar-refractivity contribution in [1.29, 1.82) is 0 Å². The van der Waals surface area contributed by atoms with E-state index in [9.17, 15) is 9.90 Å². The fourth-order valence-corrected chi connectivity index (χ4v) is 3.34. The summed E-state index contributed by atoms with van der Waals surface area (Å²) in [6, 6.07) is 7.44. The fraction of sp³-hybridized carbons (Fsp3) is 0.438. The average molecular weight is 293 g/mol. The minimum Gasteiger partial charge on any atom is -0.481 e.